The van der Waals surface area contributed by atoms with E-state index < -0.39 is 29.5 Å². The van der Waals surface area contributed by atoms with Crippen molar-refractivity contribution in [2.75, 3.05) is 19.4 Å². The van der Waals surface area contributed by atoms with Crippen LogP contribution < -0.4 is 16.2 Å². The number of aromatic amines is 1. The number of aromatic nitrogens is 3. The van der Waals surface area contributed by atoms with Gasteiger partial charge in [0.2, 0.25) is 11.8 Å². The second kappa shape index (κ2) is 12.4. The summed E-state index contributed by atoms with van der Waals surface area (Å²) in [6.07, 6.45) is 3.09. The van der Waals surface area contributed by atoms with Gasteiger partial charge in [-0.05, 0) is 49.6 Å². The molecule has 0 saturated carbocycles. The number of amides is 3. The molecule has 11 nitrogen and oxygen atoms in total. The number of carbonyl (C=O) groups is 3. The van der Waals surface area contributed by atoms with E-state index in [0.29, 0.717) is 5.52 Å². The number of fused-ring (bicyclic) bond motifs is 1. The molecule has 3 amide bonds. The first-order chi connectivity index (χ1) is 18.8. The van der Waals surface area contributed by atoms with Crippen LogP contribution >= 0.6 is 0 Å². The Hall–Kier alpha value is -4.81. The van der Waals surface area contributed by atoms with Gasteiger partial charge in [0.25, 0.3) is 11.5 Å². The highest BCUT2D eigenvalue weighted by atomic mass is 19.3. The normalized spacial score (nSPS) is 12.3. The zero-order valence-electron chi connectivity index (χ0n) is 22.2. The summed E-state index contributed by atoms with van der Waals surface area (Å²) in [5.41, 5.74) is -0.978. The van der Waals surface area contributed by atoms with Crippen LogP contribution in [-0.2, 0) is 22.1 Å². The molecule has 3 aromatic rings. The first-order valence-corrected chi connectivity index (χ1v) is 12.2. The number of carbonyl (C=O) groups excluding carboxylic acids is 2. The van der Waals surface area contributed by atoms with Crippen LogP contribution in [0, 0.1) is 0 Å². The number of benzene rings is 1. The molecule has 0 radical (unpaired) electrons. The lowest BCUT2D eigenvalue weighted by Gasteiger charge is -2.16. The minimum Gasteiger partial charge on any atom is -0.465 e. The number of H-pyrrole nitrogens is 1. The van der Waals surface area contributed by atoms with Crippen molar-refractivity contribution in [3.8, 4) is 0 Å². The molecule has 0 aliphatic rings. The van der Waals surface area contributed by atoms with E-state index in [1.165, 1.54) is 59.0 Å². The van der Waals surface area contributed by atoms with Crippen LogP contribution in [0.5, 0.6) is 0 Å². The number of para-hydroxylation sites is 1. The summed E-state index contributed by atoms with van der Waals surface area (Å²) in [7, 11) is 3.16. The lowest BCUT2D eigenvalue weighted by atomic mass is 10.0. The van der Waals surface area contributed by atoms with Crippen molar-refractivity contribution in [1.29, 1.82) is 0 Å². The summed E-state index contributed by atoms with van der Waals surface area (Å²) in [5, 5.41) is 13.7. The van der Waals surface area contributed by atoms with Crippen LogP contribution in [-0.4, -0.2) is 62.6 Å². The SMILES string of the molecule is C=C(C)C(F)(F)c1cccc2[nH]c(Cn3cccc(NC(=O)C(CC/C=C/C(=O)N(C)C)NC(=O)O)c3=O)nc12. The number of hydrogen-bond acceptors (Lipinski definition) is 5. The Morgan fingerprint density at radius 2 is 1.98 bits per heavy atom. The molecule has 0 fully saturated rings. The molecule has 0 bridgehead atoms. The lowest BCUT2D eigenvalue weighted by molar-refractivity contribution is -0.123. The summed E-state index contributed by atoms with van der Waals surface area (Å²) in [6.45, 7) is 4.48. The maximum atomic E-state index is 14.7. The standard InChI is InChI=1S/C27H30F2N6O5/c1-16(2)27(28,29)17-9-7-11-18-23(17)33-21(30-18)15-35-14-8-12-20(25(35)38)31-24(37)19(32-26(39)40)10-5-6-13-22(36)34(3)4/h6-9,11-14,19,32H,1,5,10,15H2,2-4H3,(H,30,33)(H,31,37)(H,39,40)/b13-6+. The van der Waals surface area contributed by atoms with Crippen molar-refractivity contribution >= 4 is 34.6 Å². The van der Waals surface area contributed by atoms with Gasteiger partial charge in [0.1, 0.15) is 17.6 Å². The van der Waals surface area contributed by atoms with E-state index in [9.17, 15) is 28.0 Å². The molecule has 4 N–H and O–H groups in total. The third kappa shape index (κ3) is 6.98. The lowest BCUT2D eigenvalue weighted by Crippen LogP contribution is -2.44. The molecule has 0 aliphatic carbocycles. The Morgan fingerprint density at radius 1 is 1.25 bits per heavy atom. The fourth-order valence-electron chi connectivity index (χ4n) is 3.79. The van der Waals surface area contributed by atoms with Crippen molar-refractivity contribution in [3.63, 3.8) is 0 Å². The molecular weight excluding hydrogens is 526 g/mol. The molecule has 1 unspecified atom stereocenters. The van der Waals surface area contributed by atoms with Gasteiger partial charge in [-0.1, -0.05) is 24.8 Å². The summed E-state index contributed by atoms with van der Waals surface area (Å²) in [5.74, 6) is -4.09. The maximum absolute atomic E-state index is 14.7. The molecule has 1 atom stereocenters. The molecule has 0 aliphatic heterocycles. The van der Waals surface area contributed by atoms with Crippen molar-refractivity contribution in [3.05, 3.63) is 82.6 Å². The Balaban J connectivity index is 1.79. The van der Waals surface area contributed by atoms with E-state index in [1.54, 1.807) is 20.2 Å². The highest BCUT2D eigenvalue weighted by Gasteiger charge is 2.35. The van der Waals surface area contributed by atoms with Gasteiger partial charge >= 0.3 is 6.09 Å². The highest BCUT2D eigenvalue weighted by molar-refractivity contribution is 5.96. The van der Waals surface area contributed by atoms with Gasteiger partial charge in [0.15, 0.2) is 0 Å². The second-order valence-corrected chi connectivity index (χ2v) is 9.30. The highest BCUT2D eigenvalue weighted by Crippen LogP contribution is 2.37. The number of alkyl halides is 2. The maximum Gasteiger partial charge on any atom is 0.405 e. The number of hydrogen-bond donors (Lipinski definition) is 4. The zero-order chi connectivity index (χ0) is 29.6. The molecule has 1 aromatic carbocycles. The molecule has 0 spiro atoms. The van der Waals surface area contributed by atoms with Crippen LogP contribution in [0.25, 0.3) is 11.0 Å². The van der Waals surface area contributed by atoms with Gasteiger partial charge < -0.3 is 30.2 Å². The molecule has 2 aromatic heterocycles. The van der Waals surface area contributed by atoms with Gasteiger partial charge in [-0.3, -0.25) is 14.4 Å². The Kier molecular flexibility index (Phi) is 9.19. The van der Waals surface area contributed by atoms with Gasteiger partial charge in [-0.2, -0.15) is 8.78 Å². The number of imidazole rings is 1. The number of allylic oxidation sites excluding steroid dienone is 2. The Morgan fingerprint density at radius 3 is 2.62 bits per heavy atom. The van der Waals surface area contributed by atoms with Gasteiger partial charge in [-0.15, -0.1) is 0 Å². The molecule has 0 saturated heterocycles. The van der Waals surface area contributed by atoms with Gasteiger partial charge in [0, 0.05) is 20.3 Å². The molecule has 40 heavy (non-hydrogen) atoms. The minimum atomic E-state index is -3.30. The number of likely N-dealkylation sites (N-methyl/N-ethyl adjacent to an activating group) is 1. The monoisotopic (exact) mass is 556 g/mol. The quantitative estimate of drug-likeness (QED) is 0.210. The van der Waals surface area contributed by atoms with Crippen molar-refractivity contribution in [1.82, 2.24) is 24.8 Å². The second-order valence-electron chi connectivity index (χ2n) is 9.30. The zero-order valence-corrected chi connectivity index (χ0v) is 22.2. The average molecular weight is 557 g/mol. The fourth-order valence-corrected chi connectivity index (χ4v) is 3.79. The molecule has 2 heterocycles. The third-order valence-electron chi connectivity index (χ3n) is 5.97. The Labute approximate surface area is 228 Å². The summed E-state index contributed by atoms with van der Waals surface area (Å²) in [6, 6.07) is 5.97. The van der Waals surface area contributed by atoms with Crippen molar-refractivity contribution in [2.24, 2.45) is 0 Å². The van der Waals surface area contributed by atoms with Gasteiger partial charge in [-0.25, -0.2) is 9.78 Å². The van der Waals surface area contributed by atoms with Crippen LogP contribution in [0.4, 0.5) is 19.3 Å². The van der Waals surface area contributed by atoms with Crippen LogP contribution in [0.2, 0.25) is 0 Å². The average Bonchev–Trinajstić information content (AvgIpc) is 3.30. The molecule has 13 heteroatoms. The first-order valence-electron chi connectivity index (χ1n) is 12.2. The van der Waals surface area contributed by atoms with E-state index in [4.69, 9.17) is 5.11 Å². The van der Waals surface area contributed by atoms with E-state index >= 15 is 0 Å². The number of nitrogens with zero attached hydrogens (tertiary/aromatic N) is 3. The summed E-state index contributed by atoms with van der Waals surface area (Å²) >= 11 is 0. The number of halogens is 2. The Bertz CT molecular complexity index is 1530. The van der Waals surface area contributed by atoms with Crippen LogP contribution in [0.3, 0.4) is 0 Å². The number of pyridine rings is 1. The number of nitrogens with one attached hydrogen (secondary N) is 3. The molecule has 3 rings (SSSR count). The number of carboxylic acid groups (broad SMARTS) is 1. The fraction of sp³-hybridized carbons (Fsp3) is 0.296. The third-order valence-corrected chi connectivity index (χ3v) is 5.97. The topological polar surface area (TPSA) is 149 Å². The van der Waals surface area contributed by atoms with E-state index in [0.717, 1.165) is 0 Å². The minimum absolute atomic E-state index is 0.0342. The summed E-state index contributed by atoms with van der Waals surface area (Å²) in [4.78, 5) is 57.3. The summed E-state index contributed by atoms with van der Waals surface area (Å²) < 4.78 is 30.6. The van der Waals surface area contributed by atoms with Crippen molar-refractivity contribution < 1.29 is 28.3 Å². The van der Waals surface area contributed by atoms with Crippen LogP contribution in [0.1, 0.15) is 31.2 Å². The molecule has 212 valence electrons. The van der Waals surface area contributed by atoms with E-state index in [2.05, 4.69) is 27.2 Å². The number of anilines is 1. The molecular formula is C27H30F2N6O5. The van der Waals surface area contributed by atoms with E-state index in [-0.39, 0.29) is 53.5 Å². The van der Waals surface area contributed by atoms with Crippen LogP contribution in [0.15, 0.2) is 65.6 Å². The number of rotatable bonds is 11. The smallest absolute Gasteiger partial charge is 0.405 e. The predicted molar refractivity (Wildman–Crippen MR) is 145 cm³/mol. The first kappa shape index (κ1) is 29.7. The van der Waals surface area contributed by atoms with Gasteiger partial charge in [0.05, 0.1) is 23.1 Å². The predicted octanol–water partition coefficient (Wildman–Crippen LogP) is 3.44. The van der Waals surface area contributed by atoms with E-state index in [1.807, 2.05) is 0 Å². The largest absolute Gasteiger partial charge is 0.465 e. The van der Waals surface area contributed by atoms with Crippen molar-refractivity contribution in [2.45, 2.75) is 38.3 Å².